The van der Waals surface area contributed by atoms with E-state index in [1.54, 1.807) is 0 Å². The Balaban J connectivity index is 3.58. The third-order valence-corrected chi connectivity index (χ3v) is 2.26. The molecule has 0 atom stereocenters. The van der Waals surface area contributed by atoms with Crippen LogP contribution in [0.5, 0.6) is 0 Å². The average molecular weight is 294 g/mol. The Morgan fingerprint density at radius 2 is 1.30 bits per heavy atom. The van der Waals surface area contributed by atoms with E-state index in [0.717, 1.165) is 0 Å². The van der Waals surface area contributed by atoms with Crippen molar-refractivity contribution in [3.63, 3.8) is 0 Å². The van der Waals surface area contributed by atoms with Crippen LogP contribution in [0.15, 0.2) is 0 Å². The number of nitrogens with zero attached hydrogens (tertiary/aromatic N) is 6. The smallest absolute Gasteiger partial charge is 0.257 e. The number of carbonyl (C=O) groups excluding carboxylic acids is 2. The van der Waals surface area contributed by atoms with Crippen LogP contribution in [0.2, 0.25) is 0 Å². The first-order valence-electron chi connectivity index (χ1n) is 4.31. The van der Waals surface area contributed by atoms with Crippen molar-refractivity contribution < 1.29 is 29.5 Å². The summed E-state index contributed by atoms with van der Waals surface area (Å²) in [4.78, 5) is 61.2. The number of hydrogen-bond acceptors (Lipinski definition) is 10. The van der Waals surface area contributed by atoms with Crippen LogP contribution in [0.4, 0.5) is 0 Å². The lowest BCUT2D eigenvalue weighted by Crippen LogP contribution is -2.75. The Labute approximate surface area is 105 Å². The number of carbonyl (C=O) groups is 2. The Hall–Kier alpha value is -3.46. The lowest BCUT2D eigenvalue weighted by molar-refractivity contribution is -0.894. The number of rotatable bonds is 4. The van der Waals surface area contributed by atoms with Gasteiger partial charge in [0.15, 0.2) is 10.1 Å². The predicted molar refractivity (Wildman–Crippen MR) is 49.3 cm³/mol. The number of piperazine rings is 1. The third-order valence-electron chi connectivity index (χ3n) is 2.26. The van der Waals surface area contributed by atoms with Crippen molar-refractivity contribution in [1.82, 2.24) is 10.0 Å². The first kappa shape index (κ1) is 14.6. The van der Waals surface area contributed by atoms with Gasteiger partial charge in [0.2, 0.25) is 0 Å². The summed E-state index contributed by atoms with van der Waals surface area (Å²) in [6.07, 6.45) is 0. The summed E-state index contributed by atoms with van der Waals surface area (Å²) in [5.74, 6) is -8.46. The van der Waals surface area contributed by atoms with Gasteiger partial charge in [0.05, 0.1) is 5.01 Å². The molecule has 0 radical (unpaired) electrons. The molecule has 1 fully saturated rings. The Morgan fingerprint density at radius 3 is 1.60 bits per heavy atom. The van der Waals surface area contributed by atoms with Gasteiger partial charge in [-0.1, -0.05) is 0 Å². The average Bonchev–Trinajstić information content (AvgIpc) is 2.30. The van der Waals surface area contributed by atoms with Crippen LogP contribution in [0.1, 0.15) is 0 Å². The van der Waals surface area contributed by atoms with Crippen LogP contribution in [0.3, 0.4) is 0 Å². The van der Waals surface area contributed by atoms with Gasteiger partial charge in [-0.15, -0.1) is 0 Å². The number of nitro groups is 4. The van der Waals surface area contributed by atoms with E-state index in [0.29, 0.717) is 0 Å². The van der Waals surface area contributed by atoms with E-state index in [-0.39, 0.29) is 0 Å². The summed E-state index contributed by atoms with van der Waals surface area (Å²) in [5.41, 5.74) is 0. The van der Waals surface area contributed by atoms with Crippen molar-refractivity contribution in [2.24, 2.45) is 0 Å². The van der Waals surface area contributed by atoms with E-state index in [1.807, 2.05) is 0 Å². The molecule has 1 saturated heterocycles. The highest BCUT2D eigenvalue weighted by atomic mass is 16.7. The zero-order valence-electron chi connectivity index (χ0n) is 8.97. The molecule has 0 saturated carbocycles. The van der Waals surface area contributed by atoms with E-state index in [2.05, 4.69) is 0 Å². The van der Waals surface area contributed by atoms with Crippen LogP contribution in [0, 0.1) is 40.5 Å². The fraction of sp³-hybridized carbons (Fsp3) is 0.500. The fourth-order valence-corrected chi connectivity index (χ4v) is 1.38. The maximum Gasteiger partial charge on any atom is 0.622 e. The Bertz CT molecular complexity index is 540. The van der Waals surface area contributed by atoms with Crippen LogP contribution < -0.4 is 0 Å². The molecule has 1 heterocycles. The van der Waals surface area contributed by atoms with Gasteiger partial charge in [-0.25, -0.2) is 20.2 Å². The van der Waals surface area contributed by atoms with Crippen LogP contribution in [-0.4, -0.2) is 54.1 Å². The molecule has 0 aromatic carbocycles. The molecule has 0 aromatic rings. The van der Waals surface area contributed by atoms with Crippen molar-refractivity contribution in [3.8, 4) is 0 Å². The summed E-state index contributed by atoms with van der Waals surface area (Å²) >= 11 is 0. The van der Waals surface area contributed by atoms with Crippen molar-refractivity contribution >= 4 is 11.8 Å². The quantitative estimate of drug-likeness (QED) is 0.225. The van der Waals surface area contributed by atoms with Gasteiger partial charge in [0.1, 0.15) is 9.85 Å². The summed E-state index contributed by atoms with van der Waals surface area (Å²) in [6, 6.07) is 0. The number of hydrazine groups is 2. The van der Waals surface area contributed by atoms with E-state index in [1.165, 1.54) is 0 Å². The molecule has 1 rings (SSSR count). The summed E-state index contributed by atoms with van der Waals surface area (Å²) in [5, 5.41) is 37.2. The first-order chi connectivity index (χ1) is 9.07. The zero-order chi connectivity index (χ0) is 15.8. The predicted octanol–water partition coefficient (Wildman–Crippen LogP) is -2.75. The second kappa shape index (κ2) is 4.33. The SMILES string of the molecule is O=C1C(=O)N([N+](=O)[O-])C([N+](=O)[O-])([N+](=O)[O-])CN1[N+](=O)[O-]. The normalized spacial score (nSPS) is 17.8. The molecule has 2 amide bonds. The largest absolute Gasteiger partial charge is 0.622 e. The van der Waals surface area contributed by atoms with E-state index in [9.17, 15) is 50.0 Å². The van der Waals surface area contributed by atoms with Gasteiger partial charge in [-0.3, -0.25) is 29.8 Å². The molecule has 1 aliphatic rings. The highest BCUT2D eigenvalue weighted by Gasteiger charge is 2.79. The lowest BCUT2D eigenvalue weighted by atomic mass is 10.2. The first-order valence-corrected chi connectivity index (χ1v) is 4.31. The van der Waals surface area contributed by atoms with Gasteiger partial charge < -0.3 is 0 Å². The van der Waals surface area contributed by atoms with Gasteiger partial charge in [0.25, 0.3) is 6.54 Å². The minimum absolute atomic E-state index is 0.728. The molecule has 16 nitrogen and oxygen atoms in total. The molecule has 0 unspecified atom stereocenters. The Morgan fingerprint density at radius 1 is 0.850 bits per heavy atom. The lowest BCUT2D eigenvalue weighted by Gasteiger charge is -2.26. The molecule has 0 spiro atoms. The molecule has 1 aliphatic heterocycles. The zero-order valence-corrected chi connectivity index (χ0v) is 8.97. The van der Waals surface area contributed by atoms with Gasteiger partial charge in [-0.05, 0) is 5.01 Å². The maximum atomic E-state index is 11.3. The van der Waals surface area contributed by atoms with Crippen molar-refractivity contribution in [2.75, 3.05) is 6.54 Å². The van der Waals surface area contributed by atoms with Gasteiger partial charge >= 0.3 is 17.6 Å². The summed E-state index contributed by atoms with van der Waals surface area (Å²) < 4.78 is 0. The second-order valence-electron chi connectivity index (χ2n) is 3.24. The van der Waals surface area contributed by atoms with Crippen molar-refractivity contribution in [1.29, 1.82) is 0 Å². The van der Waals surface area contributed by atoms with E-state index < -0.39 is 54.1 Å². The second-order valence-corrected chi connectivity index (χ2v) is 3.24. The van der Waals surface area contributed by atoms with Gasteiger partial charge in [0, 0.05) is 0 Å². The van der Waals surface area contributed by atoms with E-state index >= 15 is 0 Å². The summed E-state index contributed by atoms with van der Waals surface area (Å²) in [6.45, 7) is -1.91. The number of amides is 2. The topological polar surface area (TPSA) is 213 Å². The van der Waals surface area contributed by atoms with Crippen molar-refractivity contribution in [3.05, 3.63) is 40.5 Å². The molecular weight excluding hydrogens is 292 g/mol. The third kappa shape index (κ3) is 1.71. The van der Waals surface area contributed by atoms with Gasteiger partial charge in [-0.2, -0.15) is 0 Å². The number of hydrogen-bond donors (Lipinski definition) is 0. The van der Waals surface area contributed by atoms with E-state index in [4.69, 9.17) is 0 Å². The minimum atomic E-state index is -3.98. The van der Waals surface area contributed by atoms with Crippen molar-refractivity contribution in [2.45, 2.75) is 5.79 Å². The fourth-order valence-electron chi connectivity index (χ4n) is 1.38. The molecule has 0 aliphatic carbocycles. The summed E-state index contributed by atoms with van der Waals surface area (Å²) in [7, 11) is 0. The monoisotopic (exact) mass is 294 g/mol. The molecule has 20 heavy (non-hydrogen) atoms. The molecule has 16 heteroatoms. The highest BCUT2D eigenvalue weighted by molar-refractivity contribution is 6.34. The van der Waals surface area contributed by atoms with Crippen LogP contribution in [0.25, 0.3) is 0 Å². The molecular formula is C4H2N6O10. The van der Waals surface area contributed by atoms with Crippen LogP contribution in [-0.2, 0) is 9.59 Å². The Kier molecular flexibility index (Phi) is 3.16. The molecule has 0 N–H and O–H groups in total. The molecule has 0 aromatic heterocycles. The van der Waals surface area contributed by atoms with Crippen LogP contribution >= 0.6 is 0 Å². The molecule has 0 bridgehead atoms. The standard InChI is InChI=1S/C4H2N6O10/c11-2-3(12)6(10(19)20)4(7(13)14,8(15)16)1-5(2)9(17)18/h1H2. The molecule has 108 valence electrons. The maximum absolute atomic E-state index is 11.3. The highest BCUT2D eigenvalue weighted by Crippen LogP contribution is 2.25. The minimum Gasteiger partial charge on any atom is -0.257 e.